The molecule has 0 saturated heterocycles. The van der Waals surface area contributed by atoms with Crippen LogP contribution in [0.2, 0.25) is 0 Å². The molecule has 1 atom stereocenters. The van der Waals surface area contributed by atoms with Gasteiger partial charge >= 0.3 is 0 Å². The van der Waals surface area contributed by atoms with Gasteiger partial charge in [0.15, 0.2) is 0 Å². The lowest BCUT2D eigenvalue weighted by Gasteiger charge is -2.09. The molecule has 0 radical (unpaired) electrons. The number of benzene rings is 1. The zero-order valence-electron chi connectivity index (χ0n) is 10.00. The van der Waals surface area contributed by atoms with Crippen molar-refractivity contribution in [1.82, 2.24) is 5.32 Å². The average Bonchev–Trinajstić information content (AvgIpc) is 2.27. The van der Waals surface area contributed by atoms with E-state index in [0.29, 0.717) is 23.0 Å². The number of thioether (sulfide) groups is 1. The lowest BCUT2D eigenvalue weighted by atomic mass is 10.2. The van der Waals surface area contributed by atoms with E-state index in [-0.39, 0.29) is 5.91 Å². The SMILES string of the molecule is CSC(C)CCNC(=O)c1cc(N)cc(Br)c1. The monoisotopic (exact) mass is 316 g/mol. The van der Waals surface area contributed by atoms with E-state index in [1.165, 1.54) is 0 Å². The van der Waals surface area contributed by atoms with Crippen LogP contribution in [0, 0.1) is 0 Å². The van der Waals surface area contributed by atoms with Crippen molar-refractivity contribution < 1.29 is 4.79 Å². The van der Waals surface area contributed by atoms with Crippen LogP contribution in [0.5, 0.6) is 0 Å². The van der Waals surface area contributed by atoms with Gasteiger partial charge in [0.25, 0.3) is 5.91 Å². The van der Waals surface area contributed by atoms with E-state index >= 15 is 0 Å². The molecule has 1 amide bonds. The summed E-state index contributed by atoms with van der Waals surface area (Å²) in [5.41, 5.74) is 6.86. The van der Waals surface area contributed by atoms with Crippen molar-refractivity contribution in [2.45, 2.75) is 18.6 Å². The molecule has 3 N–H and O–H groups in total. The normalized spacial score (nSPS) is 12.2. The second-order valence-corrected chi connectivity index (χ2v) is 6.06. The molecule has 0 aliphatic rings. The predicted octanol–water partition coefficient (Wildman–Crippen LogP) is 2.90. The number of nitrogen functional groups attached to an aromatic ring is 1. The summed E-state index contributed by atoms with van der Waals surface area (Å²) in [7, 11) is 0. The standard InChI is InChI=1S/C12H17BrN2OS/c1-8(17-2)3-4-15-12(16)9-5-10(13)7-11(14)6-9/h5-8H,3-4,14H2,1-2H3,(H,15,16). The van der Waals surface area contributed by atoms with Crippen LogP contribution in [0.3, 0.4) is 0 Å². The molecule has 0 bridgehead atoms. The predicted molar refractivity (Wildman–Crippen MR) is 78.5 cm³/mol. The van der Waals surface area contributed by atoms with Crippen molar-refractivity contribution in [1.29, 1.82) is 0 Å². The first kappa shape index (κ1) is 14.4. The van der Waals surface area contributed by atoms with Crippen LogP contribution in [0.25, 0.3) is 0 Å². The quantitative estimate of drug-likeness (QED) is 0.821. The fraction of sp³-hybridized carbons (Fsp3) is 0.417. The topological polar surface area (TPSA) is 55.1 Å². The molecule has 0 aromatic heterocycles. The molecule has 0 spiro atoms. The van der Waals surface area contributed by atoms with Crippen molar-refractivity contribution in [3.8, 4) is 0 Å². The Balaban J connectivity index is 2.52. The highest BCUT2D eigenvalue weighted by Gasteiger charge is 2.07. The Morgan fingerprint density at radius 3 is 2.82 bits per heavy atom. The van der Waals surface area contributed by atoms with Crippen molar-refractivity contribution in [2.75, 3.05) is 18.5 Å². The number of anilines is 1. The van der Waals surface area contributed by atoms with Gasteiger partial charge in [0.2, 0.25) is 0 Å². The first-order valence-corrected chi connectivity index (χ1v) is 7.48. The fourth-order valence-corrected chi connectivity index (χ4v) is 2.22. The number of carbonyl (C=O) groups is 1. The molecule has 1 aromatic carbocycles. The molecule has 0 heterocycles. The number of carbonyl (C=O) groups excluding carboxylic acids is 1. The minimum atomic E-state index is -0.0775. The Morgan fingerprint density at radius 1 is 1.53 bits per heavy atom. The summed E-state index contributed by atoms with van der Waals surface area (Å²) in [5.74, 6) is -0.0775. The third-order valence-electron chi connectivity index (χ3n) is 2.42. The Labute approximate surface area is 115 Å². The van der Waals surface area contributed by atoms with E-state index in [4.69, 9.17) is 5.73 Å². The van der Waals surface area contributed by atoms with Crippen LogP contribution in [-0.2, 0) is 0 Å². The van der Waals surface area contributed by atoms with Crippen LogP contribution >= 0.6 is 27.7 Å². The Hall–Kier alpha value is -0.680. The highest BCUT2D eigenvalue weighted by atomic mass is 79.9. The van der Waals surface area contributed by atoms with Gasteiger partial charge in [0.1, 0.15) is 0 Å². The third kappa shape index (κ3) is 5.00. The maximum atomic E-state index is 11.8. The van der Waals surface area contributed by atoms with E-state index in [9.17, 15) is 4.79 Å². The molecule has 1 rings (SSSR count). The molecule has 3 nitrogen and oxygen atoms in total. The van der Waals surface area contributed by atoms with Crippen molar-refractivity contribution in [3.63, 3.8) is 0 Å². The Bertz CT molecular complexity index is 378. The van der Waals surface area contributed by atoms with Crippen molar-refractivity contribution in [2.24, 2.45) is 0 Å². The third-order valence-corrected chi connectivity index (χ3v) is 3.92. The summed E-state index contributed by atoms with van der Waals surface area (Å²) in [6.45, 7) is 2.83. The van der Waals surface area contributed by atoms with Gasteiger partial charge in [-0.05, 0) is 30.9 Å². The Morgan fingerprint density at radius 2 is 2.24 bits per heavy atom. The number of hydrogen-bond acceptors (Lipinski definition) is 3. The number of nitrogens with one attached hydrogen (secondary N) is 1. The number of hydrogen-bond donors (Lipinski definition) is 2. The molecule has 0 fully saturated rings. The van der Waals surface area contributed by atoms with E-state index in [2.05, 4.69) is 34.4 Å². The van der Waals surface area contributed by atoms with Gasteiger partial charge in [-0.15, -0.1) is 0 Å². The first-order chi connectivity index (χ1) is 8.02. The lowest BCUT2D eigenvalue weighted by Crippen LogP contribution is -2.26. The maximum Gasteiger partial charge on any atom is 0.251 e. The molecule has 94 valence electrons. The van der Waals surface area contributed by atoms with Crippen LogP contribution in [0.15, 0.2) is 22.7 Å². The molecule has 0 saturated carbocycles. The van der Waals surface area contributed by atoms with E-state index in [1.54, 1.807) is 30.0 Å². The van der Waals surface area contributed by atoms with E-state index < -0.39 is 0 Å². The minimum absolute atomic E-state index is 0.0775. The number of rotatable bonds is 5. The largest absolute Gasteiger partial charge is 0.399 e. The highest BCUT2D eigenvalue weighted by molar-refractivity contribution is 9.10. The molecular formula is C12H17BrN2OS. The van der Waals surface area contributed by atoms with Gasteiger partial charge in [0.05, 0.1) is 0 Å². The van der Waals surface area contributed by atoms with E-state index in [0.717, 1.165) is 10.9 Å². The summed E-state index contributed by atoms with van der Waals surface area (Å²) in [5, 5.41) is 3.45. The van der Waals surface area contributed by atoms with Crippen molar-refractivity contribution in [3.05, 3.63) is 28.2 Å². The second kappa shape index (κ2) is 6.91. The molecule has 0 aliphatic carbocycles. The fourth-order valence-electron chi connectivity index (χ4n) is 1.35. The van der Waals surface area contributed by atoms with Gasteiger partial charge in [-0.1, -0.05) is 22.9 Å². The average molecular weight is 317 g/mol. The van der Waals surface area contributed by atoms with E-state index in [1.807, 2.05) is 0 Å². The van der Waals surface area contributed by atoms with Crippen LogP contribution in [-0.4, -0.2) is 24.0 Å². The van der Waals surface area contributed by atoms with Crippen LogP contribution < -0.4 is 11.1 Å². The number of nitrogens with two attached hydrogens (primary N) is 1. The van der Waals surface area contributed by atoms with Gasteiger partial charge in [0, 0.05) is 27.5 Å². The summed E-state index contributed by atoms with van der Waals surface area (Å²) in [6.07, 6.45) is 3.04. The summed E-state index contributed by atoms with van der Waals surface area (Å²) < 4.78 is 0.820. The first-order valence-electron chi connectivity index (χ1n) is 5.40. The van der Waals surface area contributed by atoms with Crippen molar-refractivity contribution >= 4 is 39.3 Å². The lowest BCUT2D eigenvalue weighted by molar-refractivity contribution is 0.0953. The van der Waals surface area contributed by atoms with Gasteiger partial charge in [-0.25, -0.2) is 0 Å². The maximum absolute atomic E-state index is 11.8. The zero-order chi connectivity index (χ0) is 12.8. The zero-order valence-corrected chi connectivity index (χ0v) is 12.4. The van der Waals surface area contributed by atoms with Gasteiger partial charge < -0.3 is 11.1 Å². The molecule has 17 heavy (non-hydrogen) atoms. The highest BCUT2D eigenvalue weighted by Crippen LogP contribution is 2.17. The summed E-state index contributed by atoms with van der Waals surface area (Å²) in [4.78, 5) is 11.8. The smallest absolute Gasteiger partial charge is 0.251 e. The summed E-state index contributed by atoms with van der Waals surface area (Å²) in [6, 6.07) is 5.22. The molecule has 1 aromatic rings. The van der Waals surface area contributed by atoms with Gasteiger partial charge in [-0.3, -0.25) is 4.79 Å². The molecular weight excluding hydrogens is 300 g/mol. The number of amides is 1. The molecule has 0 aliphatic heterocycles. The molecule has 1 unspecified atom stereocenters. The Kier molecular flexibility index (Phi) is 5.85. The molecule has 5 heteroatoms. The second-order valence-electron chi connectivity index (χ2n) is 3.86. The van der Waals surface area contributed by atoms with Crippen LogP contribution in [0.4, 0.5) is 5.69 Å². The van der Waals surface area contributed by atoms with Gasteiger partial charge in [-0.2, -0.15) is 11.8 Å². The number of halogens is 1. The van der Waals surface area contributed by atoms with Crippen LogP contribution in [0.1, 0.15) is 23.7 Å². The minimum Gasteiger partial charge on any atom is -0.399 e. The summed E-state index contributed by atoms with van der Waals surface area (Å²) >= 11 is 5.12.